The zero-order valence-corrected chi connectivity index (χ0v) is 12.5. The van der Waals surface area contributed by atoms with Gasteiger partial charge >= 0.3 is 0 Å². The molecule has 1 heterocycles. The molecule has 0 aliphatic heterocycles. The lowest BCUT2D eigenvalue weighted by Crippen LogP contribution is -2.41. The quantitative estimate of drug-likeness (QED) is 0.767. The molecule has 1 aliphatic rings. The Balaban J connectivity index is 1.80. The molecule has 116 valence electrons. The fourth-order valence-corrected chi connectivity index (χ4v) is 2.51. The molecule has 1 atom stereocenters. The highest BCUT2D eigenvalue weighted by Gasteiger charge is 2.31. The summed E-state index contributed by atoms with van der Waals surface area (Å²) in [6.45, 7) is 2.39. The molecule has 22 heavy (non-hydrogen) atoms. The summed E-state index contributed by atoms with van der Waals surface area (Å²) in [5.74, 6) is 0.185. The molecule has 3 rings (SSSR count). The number of rotatable bonds is 5. The van der Waals surface area contributed by atoms with Crippen molar-refractivity contribution in [3.05, 3.63) is 51.9 Å². The minimum Gasteiger partial charge on any atom is -0.346 e. The minimum absolute atomic E-state index is 0.0151. The van der Waals surface area contributed by atoms with Crippen molar-refractivity contribution in [2.24, 2.45) is 11.7 Å². The summed E-state index contributed by atoms with van der Waals surface area (Å²) >= 11 is 0. The van der Waals surface area contributed by atoms with Gasteiger partial charge in [0.15, 0.2) is 0 Å². The topological polar surface area (TPSA) is 92.9 Å². The molecule has 1 amide bonds. The van der Waals surface area contributed by atoms with Gasteiger partial charge in [0.1, 0.15) is 5.69 Å². The van der Waals surface area contributed by atoms with Gasteiger partial charge in [-0.05, 0) is 37.8 Å². The summed E-state index contributed by atoms with van der Waals surface area (Å²) in [6, 6.07) is 8.80. The van der Waals surface area contributed by atoms with E-state index in [1.54, 1.807) is 0 Å². The van der Waals surface area contributed by atoms with Gasteiger partial charge in [-0.15, -0.1) is 0 Å². The Labute approximate surface area is 128 Å². The number of hydrogen-bond donors (Lipinski definition) is 3. The largest absolute Gasteiger partial charge is 0.346 e. The van der Waals surface area contributed by atoms with E-state index >= 15 is 0 Å². The van der Waals surface area contributed by atoms with E-state index < -0.39 is 0 Å². The Bertz CT molecular complexity index is 725. The molecular formula is C16H20N4O2. The number of carbonyl (C=O) groups is 1. The van der Waals surface area contributed by atoms with Crippen molar-refractivity contribution in [3.63, 3.8) is 0 Å². The average molecular weight is 300 g/mol. The van der Waals surface area contributed by atoms with Crippen LogP contribution in [0.15, 0.2) is 35.1 Å². The molecule has 1 unspecified atom stereocenters. The maximum atomic E-state index is 12.2. The first kappa shape index (κ1) is 14.6. The number of carbonyl (C=O) groups excluding carboxylic acids is 1. The first-order chi connectivity index (χ1) is 10.6. The highest BCUT2D eigenvalue weighted by molar-refractivity contribution is 5.92. The second-order valence-electron chi connectivity index (χ2n) is 5.83. The van der Waals surface area contributed by atoms with Crippen molar-refractivity contribution in [3.8, 4) is 5.69 Å². The average Bonchev–Trinajstić information content (AvgIpc) is 3.28. The number of nitrogens with two attached hydrogens (primary N) is 1. The van der Waals surface area contributed by atoms with Crippen LogP contribution in [-0.2, 0) is 0 Å². The molecule has 0 spiro atoms. The first-order valence-electron chi connectivity index (χ1n) is 7.48. The predicted octanol–water partition coefficient (Wildman–Crippen LogP) is 0.941. The van der Waals surface area contributed by atoms with Gasteiger partial charge in [0.05, 0.1) is 5.69 Å². The van der Waals surface area contributed by atoms with Gasteiger partial charge in [0, 0.05) is 18.7 Å². The first-order valence-corrected chi connectivity index (χ1v) is 7.48. The molecule has 4 N–H and O–H groups in total. The lowest BCUT2D eigenvalue weighted by Gasteiger charge is -2.15. The van der Waals surface area contributed by atoms with Crippen LogP contribution >= 0.6 is 0 Å². The molecule has 1 aromatic carbocycles. The number of aromatic amines is 1. The van der Waals surface area contributed by atoms with Gasteiger partial charge < -0.3 is 11.1 Å². The number of nitrogens with one attached hydrogen (secondary N) is 2. The summed E-state index contributed by atoms with van der Waals surface area (Å²) in [5, 5.41) is 5.76. The van der Waals surface area contributed by atoms with E-state index in [1.165, 1.54) is 10.7 Å². The van der Waals surface area contributed by atoms with Crippen molar-refractivity contribution in [2.75, 3.05) is 6.54 Å². The van der Waals surface area contributed by atoms with Crippen molar-refractivity contribution in [1.82, 2.24) is 15.1 Å². The number of aryl methyl sites for hydroxylation is 1. The molecule has 0 bridgehead atoms. The maximum Gasteiger partial charge on any atom is 0.271 e. The number of hydrogen-bond acceptors (Lipinski definition) is 3. The highest BCUT2D eigenvalue weighted by Crippen LogP contribution is 2.32. The molecule has 1 fully saturated rings. The van der Waals surface area contributed by atoms with E-state index in [-0.39, 0.29) is 23.2 Å². The second-order valence-corrected chi connectivity index (χ2v) is 5.83. The SMILES string of the molecule is Cc1ccc(-n2[nH]c(C(=O)NC(CN)C3CC3)cc2=O)cc1. The number of nitrogens with zero attached hydrogens (tertiary/aromatic N) is 1. The van der Waals surface area contributed by atoms with Gasteiger partial charge in [0.2, 0.25) is 0 Å². The number of amides is 1. The van der Waals surface area contributed by atoms with Crippen LogP contribution in [0.2, 0.25) is 0 Å². The van der Waals surface area contributed by atoms with E-state index in [2.05, 4.69) is 10.4 Å². The van der Waals surface area contributed by atoms with Crippen LogP contribution in [-0.4, -0.2) is 28.3 Å². The van der Waals surface area contributed by atoms with Gasteiger partial charge in [-0.1, -0.05) is 17.7 Å². The van der Waals surface area contributed by atoms with Crippen LogP contribution in [0, 0.1) is 12.8 Å². The van der Waals surface area contributed by atoms with Crippen LogP contribution in [0.4, 0.5) is 0 Å². The van der Waals surface area contributed by atoms with E-state index in [9.17, 15) is 9.59 Å². The molecule has 0 saturated heterocycles. The summed E-state index contributed by atoms with van der Waals surface area (Å²) in [5.41, 5.74) is 7.49. The Morgan fingerprint density at radius 1 is 1.41 bits per heavy atom. The normalized spacial score (nSPS) is 15.5. The number of aromatic nitrogens is 2. The maximum absolute atomic E-state index is 12.2. The molecule has 6 heteroatoms. The van der Waals surface area contributed by atoms with Crippen LogP contribution in [0.3, 0.4) is 0 Å². The van der Waals surface area contributed by atoms with E-state index in [0.717, 1.165) is 18.4 Å². The minimum atomic E-state index is -0.287. The lowest BCUT2D eigenvalue weighted by atomic mass is 10.2. The van der Waals surface area contributed by atoms with Gasteiger partial charge in [-0.3, -0.25) is 14.7 Å². The second kappa shape index (κ2) is 5.81. The number of benzene rings is 1. The van der Waals surface area contributed by atoms with Crippen molar-refractivity contribution in [2.45, 2.75) is 25.8 Å². The fraction of sp³-hybridized carbons (Fsp3) is 0.375. The summed E-state index contributed by atoms with van der Waals surface area (Å²) in [7, 11) is 0. The Kier molecular flexibility index (Phi) is 3.85. The summed E-state index contributed by atoms with van der Waals surface area (Å²) in [4.78, 5) is 24.3. The zero-order chi connectivity index (χ0) is 15.7. The lowest BCUT2D eigenvalue weighted by molar-refractivity contribution is 0.0928. The standard InChI is InChI=1S/C16H20N4O2/c1-10-2-6-12(7-3-10)20-15(21)8-13(19-20)16(22)18-14(9-17)11-4-5-11/h2-3,6-8,11,14,19H,4-5,9,17H2,1H3,(H,18,22). The molecule has 1 aromatic heterocycles. The Morgan fingerprint density at radius 2 is 2.09 bits per heavy atom. The zero-order valence-electron chi connectivity index (χ0n) is 12.5. The van der Waals surface area contributed by atoms with E-state index in [0.29, 0.717) is 18.2 Å². The van der Waals surface area contributed by atoms with Gasteiger partial charge in [0.25, 0.3) is 11.5 Å². The van der Waals surface area contributed by atoms with Gasteiger partial charge in [-0.2, -0.15) is 0 Å². The van der Waals surface area contributed by atoms with Crippen molar-refractivity contribution in [1.29, 1.82) is 0 Å². The third kappa shape index (κ3) is 2.96. The van der Waals surface area contributed by atoms with Crippen molar-refractivity contribution >= 4 is 5.91 Å². The third-order valence-corrected chi connectivity index (χ3v) is 4.02. The molecule has 1 saturated carbocycles. The van der Waals surface area contributed by atoms with Crippen molar-refractivity contribution < 1.29 is 4.79 Å². The predicted molar refractivity (Wildman–Crippen MR) is 84.2 cm³/mol. The summed E-state index contributed by atoms with van der Waals surface area (Å²) in [6.07, 6.45) is 2.20. The van der Waals surface area contributed by atoms with Crippen LogP contribution in [0.5, 0.6) is 0 Å². The molecule has 0 radical (unpaired) electrons. The molecule has 6 nitrogen and oxygen atoms in total. The molecule has 1 aliphatic carbocycles. The smallest absolute Gasteiger partial charge is 0.271 e. The fourth-order valence-electron chi connectivity index (χ4n) is 2.51. The van der Waals surface area contributed by atoms with E-state index in [1.807, 2.05) is 31.2 Å². The van der Waals surface area contributed by atoms with Crippen LogP contribution < -0.4 is 16.6 Å². The number of H-pyrrole nitrogens is 1. The van der Waals surface area contributed by atoms with Crippen LogP contribution in [0.25, 0.3) is 5.69 Å². The molecule has 2 aromatic rings. The monoisotopic (exact) mass is 300 g/mol. The van der Waals surface area contributed by atoms with Crippen LogP contribution in [0.1, 0.15) is 28.9 Å². The third-order valence-electron chi connectivity index (χ3n) is 4.02. The highest BCUT2D eigenvalue weighted by atomic mass is 16.2. The van der Waals surface area contributed by atoms with Gasteiger partial charge in [-0.25, -0.2) is 4.68 Å². The molecular weight excluding hydrogens is 280 g/mol. The summed E-state index contributed by atoms with van der Waals surface area (Å²) < 4.78 is 1.36. The Morgan fingerprint density at radius 3 is 2.68 bits per heavy atom. The Hall–Kier alpha value is -2.34. The van der Waals surface area contributed by atoms with E-state index in [4.69, 9.17) is 5.73 Å².